The van der Waals surface area contributed by atoms with Crippen molar-refractivity contribution < 1.29 is 10.2 Å². The third-order valence-electron chi connectivity index (χ3n) is 2.77. The Morgan fingerprint density at radius 1 is 0.895 bits per heavy atom. The van der Waals surface area contributed by atoms with Crippen molar-refractivity contribution in [3.8, 4) is 11.5 Å². The lowest BCUT2D eigenvalue weighted by Gasteiger charge is -2.08. The van der Waals surface area contributed by atoms with Gasteiger partial charge in [-0.15, -0.1) is 0 Å². The number of phenolic OH excluding ortho intramolecular Hbond substituents is 2. The van der Waals surface area contributed by atoms with E-state index in [2.05, 4.69) is 15.3 Å². The Balaban J connectivity index is 2.11. The molecule has 0 amide bonds. The second-order valence-corrected chi connectivity index (χ2v) is 4.07. The molecule has 0 unspecified atom stereocenters. The van der Waals surface area contributed by atoms with Crippen LogP contribution in [0, 0.1) is 0 Å². The fourth-order valence-electron chi connectivity index (χ4n) is 1.84. The van der Waals surface area contributed by atoms with Gasteiger partial charge in [-0.3, -0.25) is 0 Å². The smallest absolute Gasteiger partial charge is 0.159 e. The molecule has 3 aromatic rings. The first-order chi connectivity index (χ1) is 9.24. The number of fused-ring (bicyclic) bond motifs is 1. The van der Waals surface area contributed by atoms with Gasteiger partial charge in [0.25, 0.3) is 0 Å². The van der Waals surface area contributed by atoms with Crippen LogP contribution in [0.2, 0.25) is 0 Å². The number of hydrogen-bond acceptors (Lipinski definition) is 5. The van der Waals surface area contributed by atoms with Crippen LogP contribution in [0.4, 0.5) is 11.5 Å². The van der Waals surface area contributed by atoms with E-state index < -0.39 is 0 Å². The molecule has 3 rings (SSSR count). The maximum absolute atomic E-state index is 9.57. The summed E-state index contributed by atoms with van der Waals surface area (Å²) in [7, 11) is 0. The minimum atomic E-state index is -0.197. The highest BCUT2D eigenvalue weighted by Gasteiger charge is 2.08. The average molecular weight is 253 g/mol. The minimum absolute atomic E-state index is 0.196. The molecule has 0 aliphatic rings. The summed E-state index contributed by atoms with van der Waals surface area (Å²) >= 11 is 0. The first kappa shape index (κ1) is 11.3. The molecule has 0 atom stereocenters. The topological polar surface area (TPSA) is 78.3 Å². The second-order valence-electron chi connectivity index (χ2n) is 4.07. The highest BCUT2D eigenvalue weighted by Crippen LogP contribution is 2.32. The Morgan fingerprint density at radius 2 is 1.63 bits per heavy atom. The zero-order valence-electron chi connectivity index (χ0n) is 9.91. The van der Waals surface area contributed by atoms with E-state index in [0.29, 0.717) is 16.7 Å². The van der Waals surface area contributed by atoms with Crippen LogP contribution in [-0.4, -0.2) is 20.2 Å². The maximum Gasteiger partial charge on any atom is 0.159 e. The molecule has 0 saturated carbocycles. The van der Waals surface area contributed by atoms with Crippen molar-refractivity contribution in [1.29, 1.82) is 0 Å². The van der Waals surface area contributed by atoms with Crippen molar-refractivity contribution in [2.24, 2.45) is 0 Å². The van der Waals surface area contributed by atoms with E-state index in [4.69, 9.17) is 0 Å². The van der Waals surface area contributed by atoms with Gasteiger partial charge in [0.2, 0.25) is 0 Å². The van der Waals surface area contributed by atoms with E-state index in [0.717, 1.165) is 5.69 Å². The van der Waals surface area contributed by atoms with E-state index in [1.807, 2.05) is 30.3 Å². The largest absolute Gasteiger partial charge is 0.504 e. The van der Waals surface area contributed by atoms with Crippen LogP contribution < -0.4 is 5.32 Å². The molecule has 1 heterocycles. The Morgan fingerprint density at radius 3 is 2.42 bits per heavy atom. The molecule has 0 spiro atoms. The first-order valence-electron chi connectivity index (χ1n) is 5.73. The summed E-state index contributed by atoms with van der Waals surface area (Å²) in [5.74, 6) is 0.182. The molecule has 0 fully saturated rings. The van der Waals surface area contributed by atoms with Crippen molar-refractivity contribution in [3.05, 3.63) is 48.8 Å². The van der Waals surface area contributed by atoms with Crippen molar-refractivity contribution >= 4 is 22.4 Å². The van der Waals surface area contributed by atoms with Crippen molar-refractivity contribution in [3.63, 3.8) is 0 Å². The van der Waals surface area contributed by atoms with Crippen molar-refractivity contribution in [1.82, 2.24) is 9.97 Å². The molecule has 3 N–H and O–H groups in total. The van der Waals surface area contributed by atoms with Gasteiger partial charge < -0.3 is 15.5 Å². The first-order valence-corrected chi connectivity index (χ1v) is 5.73. The van der Waals surface area contributed by atoms with Crippen LogP contribution in [-0.2, 0) is 0 Å². The molecule has 0 aliphatic carbocycles. The summed E-state index contributed by atoms with van der Waals surface area (Å²) in [6, 6.07) is 12.4. The van der Waals surface area contributed by atoms with Gasteiger partial charge >= 0.3 is 0 Å². The number of nitrogens with one attached hydrogen (secondary N) is 1. The molecular formula is C14H11N3O2. The lowest BCUT2D eigenvalue weighted by atomic mass is 10.2. The molecule has 5 nitrogen and oxygen atoms in total. The third kappa shape index (κ3) is 2.13. The van der Waals surface area contributed by atoms with Gasteiger partial charge in [0.1, 0.15) is 12.1 Å². The van der Waals surface area contributed by atoms with Crippen LogP contribution in [0.25, 0.3) is 10.9 Å². The van der Waals surface area contributed by atoms with E-state index >= 15 is 0 Å². The quantitative estimate of drug-likeness (QED) is 0.612. The molecule has 19 heavy (non-hydrogen) atoms. The van der Waals surface area contributed by atoms with Crippen LogP contribution in [0.1, 0.15) is 0 Å². The summed E-state index contributed by atoms with van der Waals surface area (Å²) in [6.07, 6.45) is 1.41. The fraction of sp³-hybridized carbons (Fsp3) is 0. The SMILES string of the molecule is Oc1cc2ncnc(Nc3ccccc3)c2cc1O. The van der Waals surface area contributed by atoms with Crippen LogP contribution >= 0.6 is 0 Å². The monoisotopic (exact) mass is 253 g/mol. The predicted octanol–water partition coefficient (Wildman–Crippen LogP) is 2.78. The van der Waals surface area contributed by atoms with Crippen molar-refractivity contribution in [2.45, 2.75) is 0 Å². The van der Waals surface area contributed by atoms with Gasteiger partial charge in [-0.05, 0) is 18.2 Å². The van der Waals surface area contributed by atoms with Gasteiger partial charge in [-0.25, -0.2) is 9.97 Å². The van der Waals surface area contributed by atoms with Gasteiger partial charge in [0.05, 0.1) is 5.52 Å². The van der Waals surface area contributed by atoms with Crippen LogP contribution in [0.3, 0.4) is 0 Å². The maximum atomic E-state index is 9.57. The molecular weight excluding hydrogens is 242 g/mol. The van der Waals surface area contributed by atoms with Gasteiger partial charge in [-0.1, -0.05) is 18.2 Å². The van der Waals surface area contributed by atoms with Gasteiger partial charge in [0.15, 0.2) is 11.5 Å². The number of rotatable bonds is 2. The molecule has 0 radical (unpaired) electrons. The molecule has 1 aromatic heterocycles. The number of aromatic hydroxyl groups is 2. The summed E-state index contributed by atoms with van der Waals surface area (Å²) in [5.41, 5.74) is 1.44. The highest BCUT2D eigenvalue weighted by atomic mass is 16.3. The number of hydrogen-bond donors (Lipinski definition) is 3. The lowest BCUT2D eigenvalue weighted by Crippen LogP contribution is -1.95. The molecule has 5 heteroatoms. The molecule has 94 valence electrons. The number of benzene rings is 2. The summed E-state index contributed by atoms with van der Waals surface area (Å²) in [6.45, 7) is 0. The zero-order valence-corrected chi connectivity index (χ0v) is 9.91. The van der Waals surface area contributed by atoms with E-state index in [9.17, 15) is 10.2 Å². The van der Waals surface area contributed by atoms with Gasteiger partial charge in [0, 0.05) is 17.1 Å². The number of anilines is 2. The zero-order chi connectivity index (χ0) is 13.2. The van der Waals surface area contributed by atoms with E-state index in [1.165, 1.54) is 18.5 Å². The normalized spacial score (nSPS) is 10.5. The Bertz CT molecular complexity index is 729. The Kier molecular flexibility index (Phi) is 2.64. The second kappa shape index (κ2) is 4.45. The standard InChI is InChI=1S/C14H11N3O2/c18-12-6-10-11(7-13(12)19)15-8-16-14(10)17-9-4-2-1-3-5-9/h1-8,18-19H,(H,15,16,17). The fourth-order valence-corrected chi connectivity index (χ4v) is 1.84. The number of para-hydroxylation sites is 1. The predicted molar refractivity (Wildman–Crippen MR) is 72.6 cm³/mol. The van der Waals surface area contributed by atoms with Crippen molar-refractivity contribution in [2.75, 3.05) is 5.32 Å². The molecule has 0 bridgehead atoms. The third-order valence-corrected chi connectivity index (χ3v) is 2.77. The molecule has 0 aliphatic heterocycles. The van der Waals surface area contributed by atoms with Crippen LogP contribution in [0.5, 0.6) is 11.5 Å². The van der Waals surface area contributed by atoms with E-state index in [-0.39, 0.29) is 11.5 Å². The van der Waals surface area contributed by atoms with Crippen LogP contribution in [0.15, 0.2) is 48.8 Å². The highest BCUT2D eigenvalue weighted by molar-refractivity contribution is 5.92. The summed E-state index contributed by atoms with van der Waals surface area (Å²) in [5, 5.41) is 22.8. The number of aromatic nitrogens is 2. The molecule has 0 saturated heterocycles. The number of nitrogens with zero attached hydrogens (tertiary/aromatic N) is 2. The average Bonchev–Trinajstić information content (AvgIpc) is 2.42. The Labute approximate surface area is 109 Å². The number of phenols is 2. The summed E-state index contributed by atoms with van der Waals surface area (Å²) < 4.78 is 0. The minimum Gasteiger partial charge on any atom is -0.504 e. The Hall–Kier alpha value is -2.82. The van der Waals surface area contributed by atoms with E-state index in [1.54, 1.807) is 0 Å². The molecule has 2 aromatic carbocycles. The summed E-state index contributed by atoms with van der Waals surface area (Å²) in [4.78, 5) is 8.22. The lowest BCUT2D eigenvalue weighted by molar-refractivity contribution is 0.405. The van der Waals surface area contributed by atoms with Gasteiger partial charge in [-0.2, -0.15) is 0 Å².